The average Bonchev–Trinajstić information content (AvgIpc) is 3.18. The maximum absolute atomic E-state index is 12.9. The van der Waals surface area contributed by atoms with Crippen molar-refractivity contribution in [3.8, 4) is 0 Å². The second-order valence-corrected chi connectivity index (χ2v) is 7.60. The van der Waals surface area contributed by atoms with Crippen LogP contribution in [0.2, 0.25) is 10.0 Å². The van der Waals surface area contributed by atoms with Gasteiger partial charge in [0.1, 0.15) is 11.6 Å². The zero-order chi connectivity index (χ0) is 19.8. The molecule has 1 atom stereocenters. The molecule has 1 aromatic carbocycles. The molecule has 2 aromatic rings. The van der Waals surface area contributed by atoms with Crippen LogP contribution in [-0.2, 0) is 9.59 Å². The maximum Gasteiger partial charge on any atom is 0.232 e. The quantitative estimate of drug-likeness (QED) is 0.702. The molecule has 0 spiro atoms. The molecule has 2 amide bonds. The molecule has 4 N–H and O–H groups in total. The summed E-state index contributed by atoms with van der Waals surface area (Å²) in [4.78, 5) is 35.9. The van der Waals surface area contributed by atoms with Crippen LogP contribution in [-0.4, -0.2) is 34.9 Å². The standard InChI is InChI=1S/C18H18Cl2N6O2/c19-11-4-3-9(7-12(11)20)22-17(28)10-8-13(27)23-16-14(10)15(21)24-18(25-16)26-5-1-2-6-26/h3-4,7,10H,1-2,5-6,8H2,(H,22,28)(H3,21,23,24,25,27)/t10-/m1/s1. The Morgan fingerprint density at radius 1 is 1.21 bits per heavy atom. The van der Waals surface area contributed by atoms with E-state index in [1.54, 1.807) is 18.2 Å². The first-order valence-electron chi connectivity index (χ1n) is 8.90. The molecule has 3 heterocycles. The lowest BCUT2D eigenvalue weighted by molar-refractivity contribution is -0.123. The van der Waals surface area contributed by atoms with Crippen LogP contribution in [0.4, 0.5) is 23.3 Å². The highest BCUT2D eigenvalue weighted by Gasteiger charge is 2.35. The van der Waals surface area contributed by atoms with Crippen molar-refractivity contribution in [1.82, 2.24) is 9.97 Å². The fourth-order valence-electron chi connectivity index (χ4n) is 3.47. The number of nitrogens with one attached hydrogen (secondary N) is 2. The van der Waals surface area contributed by atoms with Gasteiger partial charge >= 0.3 is 0 Å². The van der Waals surface area contributed by atoms with Gasteiger partial charge in [-0.05, 0) is 31.0 Å². The normalized spacial score (nSPS) is 18.6. The second kappa shape index (κ2) is 7.44. The molecule has 0 aliphatic carbocycles. The number of nitrogen functional groups attached to an aromatic ring is 1. The van der Waals surface area contributed by atoms with Crippen molar-refractivity contribution in [2.24, 2.45) is 0 Å². The number of carbonyl (C=O) groups is 2. The number of halogens is 2. The lowest BCUT2D eigenvalue weighted by Gasteiger charge is -2.26. The number of carbonyl (C=O) groups excluding carboxylic acids is 2. The number of nitrogens with zero attached hydrogens (tertiary/aromatic N) is 3. The number of fused-ring (bicyclic) bond motifs is 1. The Bertz CT molecular complexity index is 961. The van der Waals surface area contributed by atoms with Gasteiger partial charge in [0.2, 0.25) is 17.8 Å². The molecule has 8 nitrogen and oxygen atoms in total. The van der Waals surface area contributed by atoms with Gasteiger partial charge in [-0.25, -0.2) is 0 Å². The first-order valence-corrected chi connectivity index (χ1v) is 9.66. The highest BCUT2D eigenvalue weighted by atomic mass is 35.5. The Morgan fingerprint density at radius 2 is 1.96 bits per heavy atom. The van der Waals surface area contributed by atoms with Crippen LogP contribution in [0.25, 0.3) is 0 Å². The Labute approximate surface area is 171 Å². The van der Waals surface area contributed by atoms with E-state index in [4.69, 9.17) is 28.9 Å². The van der Waals surface area contributed by atoms with Gasteiger partial charge in [-0.3, -0.25) is 9.59 Å². The third kappa shape index (κ3) is 3.57. The van der Waals surface area contributed by atoms with Crippen molar-refractivity contribution >= 4 is 58.3 Å². The molecule has 1 saturated heterocycles. The van der Waals surface area contributed by atoms with Crippen LogP contribution < -0.4 is 21.3 Å². The highest BCUT2D eigenvalue weighted by Crippen LogP contribution is 2.37. The molecule has 4 rings (SSSR count). The molecule has 28 heavy (non-hydrogen) atoms. The van der Waals surface area contributed by atoms with Crippen LogP contribution >= 0.6 is 23.2 Å². The van der Waals surface area contributed by atoms with Gasteiger partial charge in [0.05, 0.1) is 21.5 Å². The average molecular weight is 421 g/mol. The van der Waals surface area contributed by atoms with E-state index in [2.05, 4.69) is 20.6 Å². The molecule has 1 fully saturated rings. The van der Waals surface area contributed by atoms with E-state index in [1.165, 1.54) is 0 Å². The fraction of sp³-hybridized carbons (Fsp3) is 0.333. The number of hydrogen-bond donors (Lipinski definition) is 3. The zero-order valence-corrected chi connectivity index (χ0v) is 16.3. The van der Waals surface area contributed by atoms with Gasteiger partial charge in [0, 0.05) is 25.2 Å². The minimum absolute atomic E-state index is 0.0449. The Kier molecular flexibility index (Phi) is 4.99. The molecule has 146 valence electrons. The van der Waals surface area contributed by atoms with Crippen molar-refractivity contribution in [2.75, 3.05) is 34.4 Å². The summed E-state index contributed by atoms with van der Waals surface area (Å²) in [7, 11) is 0. The van der Waals surface area contributed by atoms with Crippen LogP contribution in [0.1, 0.15) is 30.7 Å². The monoisotopic (exact) mass is 420 g/mol. The molecule has 0 saturated carbocycles. The van der Waals surface area contributed by atoms with Crippen LogP contribution in [0, 0.1) is 0 Å². The van der Waals surface area contributed by atoms with Crippen LogP contribution in [0.5, 0.6) is 0 Å². The third-order valence-corrected chi connectivity index (χ3v) is 5.59. The molecular weight excluding hydrogens is 403 g/mol. The second-order valence-electron chi connectivity index (χ2n) is 6.79. The maximum atomic E-state index is 12.9. The van der Waals surface area contributed by atoms with Crippen molar-refractivity contribution < 1.29 is 9.59 Å². The van der Waals surface area contributed by atoms with E-state index in [0.29, 0.717) is 33.1 Å². The van der Waals surface area contributed by atoms with Crippen LogP contribution in [0.3, 0.4) is 0 Å². The van der Waals surface area contributed by atoms with Gasteiger partial charge in [-0.1, -0.05) is 23.2 Å². The molecule has 0 unspecified atom stereocenters. The first kappa shape index (κ1) is 18.8. The van der Waals surface area contributed by atoms with E-state index in [0.717, 1.165) is 25.9 Å². The molecule has 10 heteroatoms. The van der Waals surface area contributed by atoms with Crippen molar-refractivity contribution in [2.45, 2.75) is 25.2 Å². The van der Waals surface area contributed by atoms with E-state index >= 15 is 0 Å². The first-order chi connectivity index (χ1) is 13.4. The highest BCUT2D eigenvalue weighted by molar-refractivity contribution is 6.42. The number of aromatic nitrogens is 2. The zero-order valence-electron chi connectivity index (χ0n) is 14.8. The van der Waals surface area contributed by atoms with Crippen molar-refractivity contribution in [3.05, 3.63) is 33.8 Å². The van der Waals surface area contributed by atoms with Gasteiger partial charge in [-0.2, -0.15) is 9.97 Å². The van der Waals surface area contributed by atoms with Gasteiger partial charge in [-0.15, -0.1) is 0 Å². The summed E-state index contributed by atoms with van der Waals surface area (Å²) in [5, 5.41) is 6.17. The van der Waals surface area contributed by atoms with Gasteiger partial charge in [0.25, 0.3) is 0 Å². The molecule has 1 aromatic heterocycles. The van der Waals surface area contributed by atoms with Gasteiger partial charge in [0.15, 0.2) is 0 Å². The SMILES string of the molecule is Nc1nc(N2CCCC2)nc2c1[C@H](C(=O)Nc1ccc(Cl)c(Cl)c1)CC(=O)N2. The summed E-state index contributed by atoms with van der Waals surface area (Å²) >= 11 is 11.9. The predicted molar refractivity (Wildman–Crippen MR) is 109 cm³/mol. The van der Waals surface area contributed by atoms with E-state index in [-0.39, 0.29) is 18.1 Å². The number of anilines is 4. The summed E-state index contributed by atoms with van der Waals surface area (Å²) < 4.78 is 0. The number of hydrogen-bond acceptors (Lipinski definition) is 6. The number of nitrogens with two attached hydrogens (primary N) is 1. The molecule has 2 aliphatic rings. The minimum Gasteiger partial charge on any atom is -0.383 e. The molecule has 0 bridgehead atoms. The van der Waals surface area contributed by atoms with E-state index in [9.17, 15) is 9.59 Å². The third-order valence-electron chi connectivity index (χ3n) is 4.85. The Balaban J connectivity index is 1.64. The molecular formula is C18H18Cl2N6O2. The lowest BCUT2D eigenvalue weighted by Crippen LogP contribution is -2.33. The van der Waals surface area contributed by atoms with Crippen LogP contribution in [0.15, 0.2) is 18.2 Å². The molecule has 0 radical (unpaired) electrons. The Hall–Kier alpha value is -2.58. The smallest absolute Gasteiger partial charge is 0.232 e. The summed E-state index contributed by atoms with van der Waals surface area (Å²) in [6.45, 7) is 1.68. The summed E-state index contributed by atoms with van der Waals surface area (Å²) in [6.07, 6.45) is 2.07. The Morgan fingerprint density at radius 3 is 2.68 bits per heavy atom. The van der Waals surface area contributed by atoms with Gasteiger partial charge < -0.3 is 21.3 Å². The minimum atomic E-state index is -0.800. The summed E-state index contributed by atoms with van der Waals surface area (Å²) in [6, 6.07) is 4.76. The van der Waals surface area contributed by atoms with E-state index in [1.807, 2.05) is 4.90 Å². The lowest BCUT2D eigenvalue weighted by atomic mass is 9.92. The summed E-state index contributed by atoms with van der Waals surface area (Å²) in [5.41, 5.74) is 7.08. The van der Waals surface area contributed by atoms with Crippen molar-refractivity contribution in [3.63, 3.8) is 0 Å². The number of amides is 2. The summed E-state index contributed by atoms with van der Waals surface area (Å²) in [5.74, 6) is -0.530. The number of rotatable bonds is 3. The number of benzene rings is 1. The largest absolute Gasteiger partial charge is 0.383 e. The predicted octanol–water partition coefficient (Wildman–Crippen LogP) is 3.03. The fourth-order valence-corrected chi connectivity index (χ4v) is 3.77. The topological polar surface area (TPSA) is 113 Å². The molecule has 2 aliphatic heterocycles. The van der Waals surface area contributed by atoms with Crippen molar-refractivity contribution in [1.29, 1.82) is 0 Å². The van der Waals surface area contributed by atoms with E-state index < -0.39 is 11.8 Å².